The van der Waals surface area contributed by atoms with Crippen LogP contribution in [0.2, 0.25) is 19.1 Å². The van der Waals surface area contributed by atoms with Gasteiger partial charge in [-0.1, -0.05) is 56.2 Å². The van der Waals surface area contributed by atoms with E-state index < -0.39 is 8.07 Å². The van der Waals surface area contributed by atoms with Crippen molar-refractivity contribution in [1.29, 1.82) is 0 Å². The molecule has 0 saturated carbocycles. The molecule has 0 unspecified atom stereocenters. The van der Waals surface area contributed by atoms with E-state index in [1.54, 1.807) is 12.1 Å². The van der Waals surface area contributed by atoms with Crippen LogP contribution in [0.4, 0.5) is 0 Å². The average molecular weight is 208 g/mol. The summed E-state index contributed by atoms with van der Waals surface area (Å²) in [5.74, 6) is 0.369. The second kappa shape index (κ2) is 4.65. The van der Waals surface area contributed by atoms with E-state index in [2.05, 4.69) is 32.2 Å². The minimum absolute atomic E-state index is 0.369. The monoisotopic (exact) mass is 208 g/mol. The average Bonchev–Trinajstić information content (AvgIpc) is 2.16. The summed E-state index contributed by atoms with van der Waals surface area (Å²) < 4.78 is 0. The molecule has 1 N–H and O–H groups in total. The Bertz CT molecular complexity index is 277. The van der Waals surface area contributed by atoms with Crippen molar-refractivity contribution in [1.82, 2.24) is 0 Å². The van der Waals surface area contributed by atoms with Gasteiger partial charge in [-0.2, -0.15) is 0 Å². The van der Waals surface area contributed by atoms with Gasteiger partial charge in [0.1, 0.15) is 5.75 Å². The van der Waals surface area contributed by atoms with Gasteiger partial charge in [-0.3, -0.25) is 0 Å². The molecule has 0 saturated heterocycles. The van der Waals surface area contributed by atoms with Crippen LogP contribution in [0.5, 0.6) is 5.75 Å². The van der Waals surface area contributed by atoms with Crippen molar-refractivity contribution in [3.05, 3.63) is 24.3 Å². The fraction of sp³-hybridized carbons (Fsp3) is 0.500. The maximum absolute atomic E-state index is 9.21. The summed E-state index contributed by atoms with van der Waals surface area (Å²) in [5.41, 5.74) is 0. The first-order valence-corrected chi connectivity index (χ1v) is 8.56. The number of unbranched alkanes of at least 4 members (excludes halogenated alkanes) is 1. The van der Waals surface area contributed by atoms with Gasteiger partial charge in [0, 0.05) is 0 Å². The smallest absolute Gasteiger partial charge is 0.115 e. The van der Waals surface area contributed by atoms with Crippen LogP contribution in [-0.2, 0) is 0 Å². The Morgan fingerprint density at radius 1 is 1.14 bits per heavy atom. The fourth-order valence-electron chi connectivity index (χ4n) is 1.68. The number of phenols is 1. The zero-order chi connectivity index (χ0) is 10.6. The quantitative estimate of drug-likeness (QED) is 0.754. The minimum atomic E-state index is -1.23. The third kappa shape index (κ3) is 2.88. The van der Waals surface area contributed by atoms with Crippen LogP contribution in [0.3, 0.4) is 0 Å². The van der Waals surface area contributed by atoms with Gasteiger partial charge in [-0.25, -0.2) is 0 Å². The molecule has 1 rings (SSSR count). The Kier molecular flexibility index (Phi) is 3.75. The predicted molar refractivity (Wildman–Crippen MR) is 64.9 cm³/mol. The highest BCUT2D eigenvalue weighted by molar-refractivity contribution is 6.89. The Hall–Kier alpha value is -0.763. The molecule has 0 atom stereocenters. The van der Waals surface area contributed by atoms with E-state index in [4.69, 9.17) is 0 Å². The molecule has 0 radical (unpaired) electrons. The van der Waals surface area contributed by atoms with E-state index in [-0.39, 0.29) is 0 Å². The molecule has 1 aromatic carbocycles. The molecule has 0 heterocycles. The molecule has 0 amide bonds. The van der Waals surface area contributed by atoms with Gasteiger partial charge >= 0.3 is 0 Å². The molecule has 14 heavy (non-hydrogen) atoms. The summed E-state index contributed by atoms with van der Waals surface area (Å²) in [5, 5.41) is 10.7. The minimum Gasteiger partial charge on any atom is -0.508 e. The summed E-state index contributed by atoms with van der Waals surface area (Å²) in [6.07, 6.45) is 2.59. The summed E-state index contributed by atoms with van der Waals surface area (Å²) >= 11 is 0. The highest BCUT2D eigenvalue weighted by atomic mass is 28.3. The van der Waals surface area contributed by atoms with Crippen molar-refractivity contribution in [3.8, 4) is 5.75 Å². The predicted octanol–water partition coefficient (Wildman–Crippen LogP) is 3.11. The molecule has 1 nitrogen and oxygen atoms in total. The second-order valence-corrected chi connectivity index (χ2v) is 9.38. The van der Waals surface area contributed by atoms with Gasteiger partial charge in [0.2, 0.25) is 0 Å². The van der Waals surface area contributed by atoms with Gasteiger partial charge in [-0.05, 0) is 12.1 Å². The van der Waals surface area contributed by atoms with Crippen molar-refractivity contribution in [2.24, 2.45) is 0 Å². The molecule has 0 bridgehead atoms. The highest BCUT2D eigenvalue weighted by Crippen LogP contribution is 2.15. The van der Waals surface area contributed by atoms with E-state index in [1.807, 2.05) is 0 Å². The lowest BCUT2D eigenvalue weighted by Gasteiger charge is -2.22. The molecule has 0 aliphatic carbocycles. The summed E-state index contributed by atoms with van der Waals surface area (Å²) in [6.45, 7) is 7.03. The zero-order valence-corrected chi connectivity index (χ0v) is 10.4. The number of benzene rings is 1. The van der Waals surface area contributed by atoms with Gasteiger partial charge in [0.05, 0.1) is 8.07 Å². The molecule has 2 heteroatoms. The Morgan fingerprint density at radius 2 is 1.71 bits per heavy atom. The Morgan fingerprint density at radius 3 is 2.21 bits per heavy atom. The van der Waals surface area contributed by atoms with Crippen LogP contribution in [0.15, 0.2) is 24.3 Å². The first-order chi connectivity index (χ1) is 6.56. The van der Waals surface area contributed by atoms with Crippen molar-refractivity contribution < 1.29 is 5.11 Å². The maximum atomic E-state index is 9.21. The lowest BCUT2D eigenvalue weighted by molar-refractivity contribution is 0.475. The van der Waals surface area contributed by atoms with Crippen molar-refractivity contribution in [2.75, 3.05) is 0 Å². The van der Waals surface area contributed by atoms with Gasteiger partial charge in [-0.15, -0.1) is 0 Å². The van der Waals surface area contributed by atoms with Crippen molar-refractivity contribution in [2.45, 2.75) is 38.9 Å². The van der Waals surface area contributed by atoms with Crippen LogP contribution in [0, 0.1) is 0 Å². The molecule has 1 aromatic rings. The molecule has 0 fully saturated rings. The van der Waals surface area contributed by atoms with Crippen LogP contribution < -0.4 is 5.19 Å². The molecular formula is C12H20OSi. The van der Waals surface area contributed by atoms with E-state index in [0.717, 1.165) is 0 Å². The largest absolute Gasteiger partial charge is 0.508 e. The van der Waals surface area contributed by atoms with Crippen molar-refractivity contribution >= 4 is 13.3 Å². The number of phenolic OH excluding ortho intramolecular Hbond substituents is 1. The van der Waals surface area contributed by atoms with E-state index >= 15 is 0 Å². The standard InChI is InChI=1S/C12H20OSi/c1-4-5-10-14(2,3)12-8-6-11(13)7-9-12/h6-9,13H,4-5,10H2,1-3H3. The number of aromatic hydroxyl groups is 1. The van der Waals surface area contributed by atoms with E-state index in [1.165, 1.54) is 24.1 Å². The molecular weight excluding hydrogens is 188 g/mol. The molecule has 0 aliphatic rings. The first-order valence-electron chi connectivity index (χ1n) is 5.36. The van der Waals surface area contributed by atoms with Crippen LogP contribution in [-0.4, -0.2) is 13.2 Å². The number of rotatable bonds is 4. The third-order valence-corrected chi connectivity index (χ3v) is 6.30. The SMILES string of the molecule is CCCC[Si](C)(C)c1ccc(O)cc1. The van der Waals surface area contributed by atoms with Gasteiger partial charge < -0.3 is 5.11 Å². The van der Waals surface area contributed by atoms with Gasteiger partial charge in [0.15, 0.2) is 0 Å². The van der Waals surface area contributed by atoms with E-state index in [9.17, 15) is 5.11 Å². The lowest BCUT2D eigenvalue weighted by atomic mass is 10.3. The normalized spacial score (nSPS) is 11.6. The molecule has 78 valence electrons. The Balaban J connectivity index is 2.75. The zero-order valence-electron chi connectivity index (χ0n) is 9.38. The molecule has 0 aromatic heterocycles. The van der Waals surface area contributed by atoms with Gasteiger partial charge in [0.25, 0.3) is 0 Å². The van der Waals surface area contributed by atoms with E-state index in [0.29, 0.717) is 5.75 Å². The summed E-state index contributed by atoms with van der Waals surface area (Å²) in [7, 11) is -1.23. The maximum Gasteiger partial charge on any atom is 0.115 e. The van der Waals surface area contributed by atoms with Crippen LogP contribution in [0.1, 0.15) is 19.8 Å². The van der Waals surface area contributed by atoms with Crippen LogP contribution >= 0.6 is 0 Å². The fourth-order valence-corrected chi connectivity index (χ4v) is 4.27. The van der Waals surface area contributed by atoms with Crippen molar-refractivity contribution in [3.63, 3.8) is 0 Å². The number of hydrogen-bond acceptors (Lipinski definition) is 1. The second-order valence-electron chi connectivity index (χ2n) is 4.53. The summed E-state index contributed by atoms with van der Waals surface area (Å²) in [6, 6.07) is 9.11. The lowest BCUT2D eigenvalue weighted by Crippen LogP contribution is -2.40. The first kappa shape index (κ1) is 11.3. The Labute approximate surface area is 87.8 Å². The topological polar surface area (TPSA) is 20.2 Å². The third-order valence-electron chi connectivity index (χ3n) is 2.80. The molecule has 0 aliphatic heterocycles. The molecule has 0 spiro atoms. The van der Waals surface area contributed by atoms with Crippen LogP contribution in [0.25, 0.3) is 0 Å². The highest BCUT2D eigenvalue weighted by Gasteiger charge is 2.21. The number of hydrogen-bond donors (Lipinski definition) is 1. The summed E-state index contributed by atoms with van der Waals surface area (Å²) in [4.78, 5) is 0.